The molecule has 1 amide bonds. The molecule has 6 nitrogen and oxygen atoms in total. The topological polar surface area (TPSA) is 81.0 Å². The maximum atomic E-state index is 13.5. The lowest BCUT2D eigenvalue weighted by molar-refractivity contribution is -0.120. The number of carbonyl (C=O) groups is 1. The van der Waals surface area contributed by atoms with Crippen LogP contribution in [0.15, 0.2) is 48.4 Å². The molecule has 8 heteroatoms. The van der Waals surface area contributed by atoms with Crippen molar-refractivity contribution < 1.29 is 13.6 Å². The van der Waals surface area contributed by atoms with Gasteiger partial charge in [0.05, 0.1) is 5.56 Å². The molecule has 1 aliphatic rings. The van der Waals surface area contributed by atoms with Gasteiger partial charge in [-0.05, 0) is 56.5 Å². The van der Waals surface area contributed by atoms with E-state index in [4.69, 9.17) is 5.26 Å². The first-order chi connectivity index (χ1) is 14.9. The van der Waals surface area contributed by atoms with Gasteiger partial charge in [-0.1, -0.05) is 6.07 Å². The van der Waals surface area contributed by atoms with Crippen LogP contribution in [0.1, 0.15) is 44.2 Å². The van der Waals surface area contributed by atoms with Crippen molar-refractivity contribution >= 4 is 11.7 Å². The first kappa shape index (κ1) is 22.4. The van der Waals surface area contributed by atoms with Gasteiger partial charge in [-0.2, -0.15) is 5.26 Å². The zero-order valence-electron chi connectivity index (χ0n) is 17.6. The van der Waals surface area contributed by atoms with Crippen LogP contribution in [-0.2, 0) is 10.3 Å². The second-order valence-electron chi connectivity index (χ2n) is 7.50. The summed E-state index contributed by atoms with van der Waals surface area (Å²) in [5.41, 5.74) is 1.62. The number of hydrogen-bond donors (Lipinski definition) is 2. The summed E-state index contributed by atoms with van der Waals surface area (Å²) in [5, 5.41) is 15.0. The largest absolute Gasteiger partial charge is 0.331 e. The summed E-state index contributed by atoms with van der Waals surface area (Å²) in [7, 11) is 0. The number of allylic oxidation sites excluding steroid dienone is 1. The zero-order valence-corrected chi connectivity index (χ0v) is 17.6. The van der Waals surface area contributed by atoms with Gasteiger partial charge < -0.3 is 15.5 Å². The van der Waals surface area contributed by atoms with Crippen molar-refractivity contribution in [1.82, 2.24) is 15.6 Å². The van der Waals surface area contributed by atoms with Gasteiger partial charge in [0.1, 0.15) is 11.9 Å². The first-order valence-corrected chi connectivity index (χ1v) is 10.2. The number of pyridine rings is 1. The quantitative estimate of drug-likeness (QED) is 0.640. The van der Waals surface area contributed by atoms with E-state index in [2.05, 4.69) is 15.6 Å². The van der Waals surface area contributed by atoms with Crippen LogP contribution in [0.5, 0.6) is 0 Å². The molecule has 1 aliphatic carbocycles. The fourth-order valence-electron chi connectivity index (χ4n) is 3.44. The number of anilines is 1. The lowest BCUT2D eigenvalue weighted by Gasteiger charge is -2.22. The highest BCUT2D eigenvalue weighted by Gasteiger charge is 2.44. The Labute approximate surface area is 180 Å². The Bertz CT molecular complexity index is 1010. The second kappa shape index (κ2) is 9.67. The van der Waals surface area contributed by atoms with Crippen molar-refractivity contribution in [2.75, 3.05) is 18.0 Å². The van der Waals surface area contributed by atoms with E-state index in [0.29, 0.717) is 30.0 Å². The number of nitrogens with one attached hydrogen (secondary N) is 2. The molecule has 0 aliphatic heterocycles. The van der Waals surface area contributed by atoms with Crippen molar-refractivity contribution in [1.29, 1.82) is 5.26 Å². The van der Waals surface area contributed by atoms with E-state index in [1.807, 2.05) is 24.8 Å². The molecule has 0 radical (unpaired) electrons. The number of aromatic nitrogens is 1. The van der Waals surface area contributed by atoms with Crippen LogP contribution < -0.4 is 15.5 Å². The Hall–Kier alpha value is -3.31. The lowest BCUT2D eigenvalue weighted by Crippen LogP contribution is -2.33. The zero-order chi connectivity index (χ0) is 22.4. The maximum Gasteiger partial charge on any atom is 0.225 e. The number of amides is 1. The summed E-state index contributed by atoms with van der Waals surface area (Å²) in [6.07, 6.45) is 5.03. The Kier molecular flexibility index (Phi) is 6.98. The fourth-order valence-corrected chi connectivity index (χ4v) is 3.44. The molecular formula is C23H25F2N5O. The average Bonchev–Trinajstić information content (AvgIpc) is 3.56. The van der Waals surface area contributed by atoms with Gasteiger partial charge in [0.15, 0.2) is 11.6 Å². The van der Waals surface area contributed by atoms with E-state index in [-0.39, 0.29) is 17.9 Å². The molecule has 0 atom stereocenters. The van der Waals surface area contributed by atoms with Gasteiger partial charge in [-0.3, -0.25) is 4.79 Å². The predicted molar refractivity (Wildman–Crippen MR) is 114 cm³/mol. The van der Waals surface area contributed by atoms with Crippen molar-refractivity contribution in [3.8, 4) is 6.07 Å². The number of benzene rings is 1. The summed E-state index contributed by atoms with van der Waals surface area (Å²) in [4.78, 5) is 18.4. The van der Waals surface area contributed by atoms with Crippen LogP contribution in [-0.4, -0.2) is 24.0 Å². The molecule has 0 unspecified atom stereocenters. The highest BCUT2D eigenvalue weighted by Crippen LogP contribution is 2.45. The molecule has 2 N–H and O–H groups in total. The SMILES string of the molecule is CCN(/C(C)=C/NC(=O)CCNC1(c2ccc(F)c(F)c2)CC1)c1ccc(C#N)cn1. The fraction of sp³-hybridized carbons (Fsp3) is 0.348. The second-order valence-corrected chi connectivity index (χ2v) is 7.50. The molecular weight excluding hydrogens is 400 g/mol. The number of halogens is 2. The van der Waals surface area contributed by atoms with Gasteiger partial charge >= 0.3 is 0 Å². The number of nitrogens with zero attached hydrogens (tertiary/aromatic N) is 3. The van der Waals surface area contributed by atoms with Crippen LogP contribution in [0, 0.1) is 23.0 Å². The number of carbonyl (C=O) groups excluding carboxylic acids is 1. The minimum absolute atomic E-state index is 0.156. The number of hydrogen-bond acceptors (Lipinski definition) is 5. The summed E-state index contributed by atoms with van der Waals surface area (Å²) >= 11 is 0. The molecule has 0 bridgehead atoms. The Morgan fingerprint density at radius 3 is 2.65 bits per heavy atom. The molecule has 0 saturated heterocycles. The van der Waals surface area contributed by atoms with Gasteiger partial charge in [0.2, 0.25) is 5.91 Å². The molecule has 1 fully saturated rings. The standard InChI is InChI=1S/C23H25F2N5O/c1-3-30(21-7-4-17(13-26)15-27-21)16(2)14-28-22(31)8-11-29-23(9-10-23)18-5-6-19(24)20(25)12-18/h4-7,12,14-15,29H,3,8-11H2,1-2H3,(H,28,31)/b16-14+. The Balaban J connectivity index is 1.51. The Morgan fingerprint density at radius 1 is 1.29 bits per heavy atom. The van der Waals surface area contributed by atoms with Gasteiger partial charge in [-0.15, -0.1) is 0 Å². The van der Waals surface area contributed by atoms with E-state index in [1.165, 1.54) is 12.3 Å². The van der Waals surface area contributed by atoms with Crippen LogP contribution in [0.4, 0.5) is 14.6 Å². The lowest BCUT2D eigenvalue weighted by atomic mass is 10.0. The molecule has 1 aromatic heterocycles. The third kappa shape index (κ3) is 5.44. The molecule has 2 aromatic rings. The first-order valence-electron chi connectivity index (χ1n) is 10.2. The van der Waals surface area contributed by atoms with Gasteiger partial charge in [0, 0.05) is 43.1 Å². The summed E-state index contributed by atoms with van der Waals surface area (Å²) < 4.78 is 26.7. The minimum Gasteiger partial charge on any atom is -0.331 e. The minimum atomic E-state index is -0.863. The third-order valence-corrected chi connectivity index (χ3v) is 5.38. The summed E-state index contributed by atoms with van der Waals surface area (Å²) in [6.45, 7) is 4.91. The van der Waals surface area contributed by atoms with Crippen molar-refractivity contribution in [2.24, 2.45) is 0 Å². The molecule has 31 heavy (non-hydrogen) atoms. The van der Waals surface area contributed by atoms with E-state index >= 15 is 0 Å². The van der Waals surface area contributed by atoms with Gasteiger partial charge in [0.25, 0.3) is 0 Å². The van der Waals surface area contributed by atoms with Crippen LogP contribution in [0.2, 0.25) is 0 Å². The monoisotopic (exact) mass is 425 g/mol. The number of rotatable bonds is 9. The normalized spacial score (nSPS) is 14.6. The molecule has 1 aromatic carbocycles. The molecule has 0 spiro atoms. The average molecular weight is 425 g/mol. The highest BCUT2D eigenvalue weighted by molar-refractivity contribution is 5.77. The van der Waals surface area contributed by atoms with E-state index in [9.17, 15) is 13.6 Å². The van der Waals surface area contributed by atoms with Crippen molar-refractivity contribution in [3.63, 3.8) is 0 Å². The Morgan fingerprint density at radius 2 is 2.06 bits per heavy atom. The summed E-state index contributed by atoms with van der Waals surface area (Å²) in [5.74, 6) is -1.19. The summed E-state index contributed by atoms with van der Waals surface area (Å²) in [6, 6.07) is 9.44. The van der Waals surface area contributed by atoms with E-state index in [1.54, 1.807) is 24.4 Å². The third-order valence-electron chi connectivity index (χ3n) is 5.38. The number of nitriles is 1. The smallest absolute Gasteiger partial charge is 0.225 e. The van der Waals surface area contributed by atoms with Crippen LogP contribution >= 0.6 is 0 Å². The molecule has 1 saturated carbocycles. The molecule has 3 rings (SSSR count). The van der Waals surface area contributed by atoms with E-state index in [0.717, 1.165) is 24.6 Å². The van der Waals surface area contributed by atoms with Gasteiger partial charge in [-0.25, -0.2) is 13.8 Å². The van der Waals surface area contributed by atoms with Crippen molar-refractivity contribution in [3.05, 3.63) is 71.2 Å². The van der Waals surface area contributed by atoms with Crippen LogP contribution in [0.25, 0.3) is 0 Å². The predicted octanol–water partition coefficient (Wildman–Crippen LogP) is 3.70. The van der Waals surface area contributed by atoms with E-state index < -0.39 is 11.6 Å². The maximum absolute atomic E-state index is 13.5. The highest BCUT2D eigenvalue weighted by atomic mass is 19.2. The van der Waals surface area contributed by atoms with Crippen molar-refractivity contribution in [2.45, 2.75) is 38.6 Å². The molecule has 1 heterocycles. The van der Waals surface area contributed by atoms with Crippen LogP contribution in [0.3, 0.4) is 0 Å². The molecule has 162 valence electrons.